The second-order valence-corrected chi connectivity index (χ2v) is 3.66. The number of nitrogens with two attached hydrogens (primary N) is 1. The average molecular weight is 240 g/mol. The summed E-state index contributed by atoms with van der Waals surface area (Å²) >= 11 is 0. The zero-order chi connectivity index (χ0) is 12.7. The van der Waals surface area contributed by atoms with Crippen molar-refractivity contribution in [2.45, 2.75) is 13.3 Å². The Morgan fingerprint density at radius 2 is 2.35 bits per heavy atom. The number of nitrogens with zero attached hydrogens (tertiary/aromatic N) is 2. The summed E-state index contributed by atoms with van der Waals surface area (Å²) in [6.07, 6.45) is 0.820. The second-order valence-electron chi connectivity index (χ2n) is 3.66. The molecular formula is C11H20N4O2. The van der Waals surface area contributed by atoms with Crippen LogP contribution < -0.4 is 11.1 Å². The number of hydrogen-bond acceptors (Lipinski definition) is 4. The smallest absolute Gasteiger partial charge is 0.269 e. The monoisotopic (exact) mass is 240 g/mol. The third kappa shape index (κ3) is 4.16. The fourth-order valence-electron chi connectivity index (χ4n) is 1.42. The van der Waals surface area contributed by atoms with Crippen LogP contribution in [0.3, 0.4) is 0 Å². The van der Waals surface area contributed by atoms with E-state index in [1.807, 2.05) is 6.92 Å². The van der Waals surface area contributed by atoms with Gasteiger partial charge in [-0.2, -0.15) is 5.10 Å². The van der Waals surface area contributed by atoms with Crippen LogP contribution in [0.5, 0.6) is 0 Å². The van der Waals surface area contributed by atoms with E-state index in [0.29, 0.717) is 32.0 Å². The number of carbonyl (C=O) groups is 1. The number of carbonyl (C=O) groups excluding carboxylic acids is 1. The first-order chi connectivity index (χ1) is 8.19. The third-order valence-electron chi connectivity index (χ3n) is 2.32. The van der Waals surface area contributed by atoms with E-state index in [9.17, 15) is 4.79 Å². The molecule has 17 heavy (non-hydrogen) atoms. The highest BCUT2D eigenvalue weighted by Gasteiger charge is 2.11. The summed E-state index contributed by atoms with van der Waals surface area (Å²) in [5.41, 5.74) is 6.76. The SMILES string of the molecule is CCc1cc(C(=O)NCCOCCN)n(C)n1. The van der Waals surface area contributed by atoms with Crippen molar-refractivity contribution in [3.8, 4) is 0 Å². The van der Waals surface area contributed by atoms with Crippen LogP contribution in [0.25, 0.3) is 0 Å². The van der Waals surface area contributed by atoms with E-state index in [1.54, 1.807) is 17.8 Å². The van der Waals surface area contributed by atoms with Crippen LogP contribution in [0, 0.1) is 0 Å². The van der Waals surface area contributed by atoms with Gasteiger partial charge in [-0.3, -0.25) is 9.48 Å². The van der Waals surface area contributed by atoms with Gasteiger partial charge in [0.1, 0.15) is 5.69 Å². The van der Waals surface area contributed by atoms with Gasteiger partial charge in [0.05, 0.1) is 18.9 Å². The molecule has 0 atom stereocenters. The molecule has 6 heteroatoms. The van der Waals surface area contributed by atoms with Gasteiger partial charge in [0.2, 0.25) is 0 Å². The molecule has 0 aliphatic heterocycles. The lowest BCUT2D eigenvalue weighted by Crippen LogP contribution is -2.29. The summed E-state index contributed by atoms with van der Waals surface area (Å²) in [4.78, 5) is 11.8. The molecule has 0 bridgehead atoms. The number of aromatic nitrogens is 2. The summed E-state index contributed by atoms with van der Waals surface area (Å²) < 4.78 is 6.76. The van der Waals surface area contributed by atoms with Crippen LogP contribution in [-0.4, -0.2) is 42.0 Å². The maximum absolute atomic E-state index is 11.8. The first-order valence-corrected chi connectivity index (χ1v) is 5.78. The Morgan fingerprint density at radius 1 is 1.59 bits per heavy atom. The number of rotatable bonds is 7. The van der Waals surface area contributed by atoms with Gasteiger partial charge in [-0.1, -0.05) is 6.92 Å². The summed E-state index contributed by atoms with van der Waals surface area (Å²) in [5, 5.41) is 6.99. The van der Waals surface area contributed by atoms with E-state index in [1.165, 1.54) is 0 Å². The van der Waals surface area contributed by atoms with Crippen molar-refractivity contribution in [3.63, 3.8) is 0 Å². The maximum atomic E-state index is 11.8. The van der Waals surface area contributed by atoms with Gasteiger partial charge < -0.3 is 15.8 Å². The number of amides is 1. The van der Waals surface area contributed by atoms with Crippen LogP contribution in [0.15, 0.2) is 6.07 Å². The van der Waals surface area contributed by atoms with E-state index < -0.39 is 0 Å². The van der Waals surface area contributed by atoms with Crippen LogP contribution in [-0.2, 0) is 18.2 Å². The third-order valence-corrected chi connectivity index (χ3v) is 2.32. The summed E-state index contributed by atoms with van der Waals surface area (Å²) in [6, 6.07) is 1.80. The Labute approximate surface area is 101 Å². The topological polar surface area (TPSA) is 82.2 Å². The van der Waals surface area contributed by atoms with Crippen molar-refractivity contribution in [2.24, 2.45) is 12.8 Å². The fraction of sp³-hybridized carbons (Fsp3) is 0.636. The number of ether oxygens (including phenoxy) is 1. The molecule has 0 unspecified atom stereocenters. The minimum atomic E-state index is -0.129. The molecule has 0 fully saturated rings. The van der Waals surface area contributed by atoms with Crippen LogP contribution in [0.4, 0.5) is 0 Å². The highest BCUT2D eigenvalue weighted by atomic mass is 16.5. The Bertz CT molecular complexity index is 362. The van der Waals surface area contributed by atoms with Crippen molar-refractivity contribution in [1.82, 2.24) is 15.1 Å². The van der Waals surface area contributed by atoms with Crippen LogP contribution in [0.2, 0.25) is 0 Å². The molecule has 6 nitrogen and oxygen atoms in total. The number of hydrogen-bond donors (Lipinski definition) is 2. The molecule has 0 saturated carbocycles. The Balaban J connectivity index is 2.38. The minimum absolute atomic E-state index is 0.129. The Hall–Kier alpha value is -1.40. The summed E-state index contributed by atoms with van der Waals surface area (Å²) in [5.74, 6) is -0.129. The van der Waals surface area contributed by atoms with Crippen LogP contribution >= 0.6 is 0 Å². The van der Waals surface area contributed by atoms with Crippen molar-refractivity contribution < 1.29 is 9.53 Å². The van der Waals surface area contributed by atoms with E-state index in [4.69, 9.17) is 10.5 Å². The van der Waals surface area contributed by atoms with Gasteiger partial charge in [-0.05, 0) is 12.5 Å². The second kappa shape index (κ2) is 7.03. The number of aryl methyl sites for hydroxylation is 2. The summed E-state index contributed by atoms with van der Waals surface area (Å²) in [6.45, 7) is 3.97. The fourth-order valence-corrected chi connectivity index (χ4v) is 1.42. The molecule has 1 aromatic rings. The molecule has 1 aromatic heterocycles. The van der Waals surface area contributed by atoms with Gasteiger partial charge in [0.25, 0.3) is 5.91 Å². The highest BCUT2D eigenvalue weighted by Crippen LogP contribution is 2.03. The van der Waals surface area contributed by atoms with E-state index in [-0.39, 0.29) is 5.91 Å². The van der Waals surface area contributed by atoms with Gasteiger partial charge in [-0.25, -0.2) is 0 Å². The molecule has 96 valence electrons. The van der Waals surface area contributed by atoms with Gasteiger partial charge in [-0.15, -0.1) is 0 Å². The van der Waals surface area contributed by atoms with Gasteiger partial charge in [0, 0.05) is 20.1 Å². The lowest BCUT2D eigenvalue weighted by molar-refractivity contribution is 0.0911. The van der Waals surface area contributed by atoms with Crippen molar-refractivity contribution in [2.75, 3.05) is 26.3 Å². The lowest BCUT2D eigenvalue weighted by atomic mass is 10.3. The number of nitrogens with one attached hydrogen (secondary N) is 1. The maximum Gasteiger partial charge on any atom is 0.269 e. The zero-order valence-electron chi connectivity index (χ0n) is 10.4. The van der Waals surface area contributed by atoms with Gasteiger partial charge >= 0.3 is 0 Å². The molecule has 0 radical (unpaired) electrons. The molecule has 0 saturated heterocycles. The average Bonchev–Trinajstić information content (AvgIpc) is 2.70. The quantitative estimate of drug-likeness (QED) is 0.640. The standard InChI is InChI=1S/C11H20N4O2/c1-3-9-8-10(15(2)14-9)11(16)13-5-7-17-6-4-12/h8H,3-7,12H2,1-2H3,(H,13,16). The van der Waals surface area contributed by atoms with E-state index >= 15 is 0 Å². The van der Waals surface area contributed by atoms with Crippen molar-refractivity contribution in [1.29, 1.82) is 0 Å². The largest absolute Gasteiger partial charge is 0.378 e. The normalized spacial score (nSPS) is 10.5. The van der Waals surface area contributed by atoms with E-state index in [2.05, 4.69) is 10.4 Å². The summed E-state index contributed by atoms with van der Waals surface area (Å²) in [7, 11) is 1.76. The van der Waals surface area contributed by atoms with Gasteiger partial charge in [0.15, 0.2) is 0 Å². The Kier molecular flexibility index (Phi) is 5.65. The molecule has 3 N–H and O–H groups in total. The molecule has 0 aromatic carbocycles. The minimum Gasteiger partial charge on any atom is -0.378 e. The van der Waals surface area contributed by atoms with E-state index in [0.717, 1.165) is 12.1 Å². The highest BCUT2D eigenvalue weighted by molar-refractivity contribution is 5.92. The Morgan fingerprint density at radius 3 is 2.94 bits per heavy atom. The molecule has 0 spiro atoms. The predicted octanol–water partition coefficient (Wildman–Crippen LogP) is -0.312. The first-order valence-electron chi connectivity index (χ1n) is 5.78. The molecule has 1 heterocycles. The molecule has 0 aliphatic carbocycles. The predicted molar refractivity (Wildman–Crippen MR) is 64.8 cm³/mol. The zero-order valence-corrected chi connectivity index (χ0v) is 10.4. The van der Waals surface area contributed by atoms with Crippen LogP contribution in [0.1, 0.15) is 23.1 Å². The molecule has 1 amide bonds. The lowest BCUT2D eigenvalue weighted by Gasteiger charge is -2.05. The molecular weight excluding hydrogens is 220 g/mol. The first kappa shape index (κ1) is 13.7. The molecule has 1 rings (SSSR count). The molecule has 0 aliphatic rings. The van der Waals surface area contributed by atoms with Crippen molar-refractivity contribution in [3.05, 3.63) is 17.5 Å². The van der Waals surface area contributed by atoms with Crippen molar-refractivity contribution >= 4 is 5.91 Å².